The van der Waals surface area contributed by atoms with Crippen LogP contribution in [0.15, 0.2) is 24.3 Å². The molecule has 7 heteroatoms. The monoisotopic (exact) mass is 367 g/mol. The number of carbonyl (C=O) groups is 1. The Labute approximate surface area is 151 Å². The van der Waals surface area contributed by atoms with Crippen LogP contribution in [0.2, 0.25) is 0 Å². The van der Waals surface area contributed by atoms with E-state index in [1.807, 2.05) is 0 Å². The molecule has 2 saturated carbocycles. The van der Waals surface area contributed by atoms with E-state index in [0.29, 0.717) is 5.92 Å². The van der Waals surface area contributed by atoms with Crippen molar-refractivity contribution < 1.29 is 18.0 Å². The van der Waals surface area contributed by atoms with Gasteiger partial charge in [-0.05, 0) is 43.2 Å². The summed E-state index contributed by atoms with van der Waals surface area (Å²) in [6.07, 6.45) is 0.257. The van der Waals surface area contributed by atoms with E-state index in [1.165, 1.54) is 12.1 Å². The zero-order valence-electron chi connectivity index (χ0n) is 14.6. The molecule has 0 aromatic heterocycles. The molecule has 1 aromatic rings. The van der Waals surface area contributed by atoms with Gasteiger partial charge in [-0.3, -0.25) is 15.6 Å². The number of nitrogens with one attached hydrogen (secondary N) is 2. The zero-order valence-corrected chi connectivity index (χ0v) is 14.6. The van der Waals surface area contributed by atoms with E-state index in [4.69, 9.17) is 0 Å². The number of amides is 1. The van der Waals surface area contributed by atoms with Gasteiger partial charge in [0.1, 0.15) is 0 Å². The fourth-order valence-corrected chi connectivity index (χ4v) is 4.42. The largest absolute Gasteiger partial charge is 0.416 e. The first-order valence-corrected chi connectivity index (χ1v) is 9.39. The summed E-state index contributed by atoms with van der Waals surface area (Å²) >= 11 is 0. The Morgan fingerprint density at radius 2 is 1.92 bits per heavy atom. The van der Waals surface area contributed by atoms with Crippen molar-refractivity contribution in [2.24, 2.45) is 11.8 Å². The molecular weight excluding hydrogens is 343 g/mol. The molecular formula is C19H24F3N3O. The average Bonchev–Trinajstić information content (AvgIpc) is 3.34. The summed E-state index contributed by atoms with van der Waals surface area (Å²) in [6.45, 7) is 0.898. The van der Waals surface area contributed by atoms with Crippen LogP contribution in [0.25, 0.3) is 0 Å². The summed E-state index contributed by atoms with van der Waals surface area (Å²) in [5.74, 6) is 0.291. The molecule has 1 aromatic carbocycles. The third-order valence-corrected chi connectivity index (χ3v) is 5.92. The van der Waals surface area contributed by atoms with Crippen LogP contribution in [0.1, 0.15) is 43.2 Å². The molecule has 1 heterocycles. The number of carbonyl (C=O) groups excluding carboxylic acids is 1. The summed E-state index contributed by atoms with van der Waals surface area (Å²) < 4.78 is 40.0. The number of fused-ring (bicyclic) bond motifs is 1. The van der Waals surface area contributed by atoms with E-state index in [1.54, 1.807) is 11.0 Å². The Bertz CT molecular complexity index is 674. The van der Waals surface area contributed by atoms with Crippen LogP contribution in [-0.2, 0) is 17.5 Å². The summed E-state index contributed by atoms with van der Waals surface area (Å²) in [4.78, 5) is 15.0. The number of rotatable bonds is 4. The lowest BCUT2D eigenvalue weighted by Crippen LogP contribution is -2.49. The first-order chi connectivity index (χ1) is 12.4. The SMILES string of the molecule is O=C(C1CCCC2CNNC21)N(Cc1ccccc1C(F)(F)F)C1CC1. The number of nitrogens with zero attached hydrogens (tertiary/aromatic N) is 1. The number of hydrogen-bond donors (Lipinski definition) is 2. The van der Waals surface area contributed by atoms with Gasteiger partial charge in [-0.2, -0.15) is 13.2 Å². The Balaban J connectivity index is 1.56. The van der Waals surface area contributed by atoms with Gasteiger partial charge in [0.15, 0.2) is 0 Å². The topological polar surface area (TPSA) is 44.4 Å². The lowest BCUT2D eigenvalue weighted by Gasteiger charge is -2.36. The van der Waals surface area contributed by atoms with Crippen molar-refractivity contribution in [3.63, 3.8) is 0 Å². The molecule has 26 heavy (non-hydrogen) atoms. The minimum absolute atomic E-state index is 0.00961. The second kappa shape index (κ2) is 6.85. The van der Waals surface area contributed by atoms with Crippen LogP contribution in [0.3, 0.4) is 0 Å². The molecule has 4 nitrogen and oxygen atoms in total. The molecule has 2 aliphatic carbocycles. The van der Waals surface area contributed by atoms with E-state index < -0.39 is 11.7 Å². The maximum atomic E-state index is 13.3. The molecule has 2 N–H and O–H groups in total. The predicted octanol–water partition coefficient (Wildman–Crippen LogP) is 3.09. The smallest absolute Gasteiger partial charge is 0.335 e. The molecule has 0 bridgehead atoms. The van der Waals surface area contributed by atoms with Gasteiger partial charge < -0.3 is 4.90 Å². The van der Waals surface area contributed by atoms with E-state index in [9.17, 15) is 18.0 Å². The van der Waals surface area contributed by atoms with Crippen molar-refractivity contribution in [2.75, 3.05) is 6.54 Å². The second-order valence-corrected chi connectivity index (χ2v) is 7.70. The molecule has 3 fully saturated rings. The normalized spacial score (nSPS) is 28.7. The second-order valence-electron chi connectivity index (χ2n) is 7.70. The fraction of sp³-hybridized carbons (Fsp3) is 0.632. The highest BCUT2D eigenvalue weighted by molar-refractivity contribution is 5.80. The van der Waals surface area contributed by atoms with Crippen molar-refractivity contribution in [3.05, 3.63) is 35.4 Å². The molecule has 1 amide bonds. The summed E-state index contributed by atoms with van der Waals surface area (Å²) in [5.41, 5.74) is 5.91. The van der Waals surface area contributed by atoms with Gasteiger partial charge >= 0.3 is 6.18 Å². The van der Waals surface area contributed by atoms with Crippen LogP contribution >= 0.6 is 0 Å². The van der Waals surface area contributed by atoms with Gasteiger partial charge in [0.05, 0.1) is 11.5 Å². The molecule has 1 aliphatic heterocycles. The van der Waals surface area contributed by atoms with Crippen LogP contribution in [0, 0.1) is 11.8 Å². The molecule has 0 radical (unpaired) electrons. The number of halogens is 3. The number of alkyl halides is 3. The van der Waals surface area contributed by atoms with Crippen molar-refractivity contribution in [2.45, 2.75) is 56.9 Å². The lowest BCUT2D eigenvalue weighted by atomic mass is 9.77. The highest BCUT2D eigenvalue weighted by Crippen LogP contribution is 2.38. The van der Waals surface area contributed by atoms with Gasteiger partial charge in [0, 0.05) is 25.2 Å². The van der Waals surface area contributed by atoms with E-state index in [-0.39, 0.29) is 36.0 Å². The van der Waals surface area contributed by atoms with Crippen molar-refractivity contribution in [1.82, 2.24) is 15.8 Å². The Morgan fingerprint density at radius 1 is 1.15 bits per heavy atom. The van der Waals surface area contributed by atoms with Crippen LogP contribution in [0.4, 0.5) is 13.2 Å². The van der Waals surface area contributed by atoms with Crippen LogP contribution in [-0.4, -0.2) is 29.4 Å². The molecule has 3 aliphatic rings. The number of hydrazine groups is 1. The number of hydrogen-bond acceptors (Lipinski definition) is 3. The molecule has 4 rings (SSSR count). The fourth-order valence-electron chi connectivity index (χ4n) is 4.42. The van der Waals surface area contributed by atoms with Gasteiger partial charge in [0.2, 0.25) is 5.91 Å². The lowest BCUT2D eigenvalue weighted by molar-refractivity contribution is -0.142. The predicted molar refractivity (Wildman–Crippen MR) is 90.8 cm³/mol. The minimum atomic E-state index is -4.40. The summed E-state index contributed by atoms with van der Waals surface area (Å²) in [5, 5.41) is 0. The molecule has 142 valence electrons. The van der Waals surface area contributed by atoms with Crippen molar-refractivity contribution in [1.29, 1.82) is 0 Å². The summed E-state index contributed by atoms with van der Waals surface area (Å²) in [7, 11) is 0. The minimum Gasteiger partial charge on any atom is -0.335 e. The molecule has 3 unspecified atom stereocenters. The summed E-state index contributed by atoms with van der Waals surface area (Å²) in [6, 6.07) is 5.78. The maximum Gasteiger partial charge on any atom is 0.416 e. The van der Waals surface area contributed by atoms with Gasteiger partial charge in [-0.25, -0.2) is 0 Å². The van der Waals surface area contributed by atoms with Gasteiger partial charge in [0.25, 0.3) is 0 Å². The standard InChI is InChI=1S/C19H24F3N3O/c20-19(21,22)16-7-2-1-4-13(16)11-25(14-8-9-14)18(26)15-6-3-5-12-10-23-24-17(12)15/h1-2,4,7,12,14-15,17,23-24H,3,5-6,8-11H2. The third-order valence-electron chi connectivity index (χ3n) is 5.92. The van der Waals surface area contributed by atoms with E-state index in [2.05, 4.69) is 10.9 Å². The van der Waals surface area contributed by atoms with Crippen molar-refractivity contribution >= 4 is 5.91 Å². The Kier molecular flexibility index (Phi) is 4.69. The first kappa shape index (κ1) is 17.8. The van der Waals surface area contributed by atoms with Gasteiger partial charge in [-0.15, -0.1) is 0 Å². The van der Waals surface area contributed by atoms with E-state index in [0.717, 1.165) is 44.7 Å². The average molecular weight is 367 g/mol. The molecule has 1 saturated heterocycles. The first-order valence-electron chi connectivity index (χ1n) is 9.39. The van der Waals surface area contributed by atoms with Gasteiger partial charge in [-0.1, -0.05) is 24.6 Å². The van der Waals surface area contributed by atoms with E-state index >= 15 is 0 Å². The van der Waals surface area contributed by atoms with Crippen LogP contribution < -0.4 is 10.9 Å². The zero-order chi connectivity index (χ0) is 18.3. The Morgan fingerprint density at radius 3 is 2.65 bits per heavy atom. The van der Waals surface area contributed by atoms with Crippen molar-refractivity contribution in [3.8, 4) is 0 Å². The van der Waals surface area contributed by atoms with Crippen LogP contribution in [0.5, 0.6) is 0 Å². The highest BCUT2D eigenvalue weighted by Gasteiger charge is 2.45. The highest BCUT2D eigenvalue weighted by atomic mass is 19.4. The maximum absolute atomic E-state index is 13.3. The molecule has 3 atom stereocenters. The number of benzene rings is 1. The third kappa shape index (κ3) is 3.47. The Hall–Kier alpha value is -1.60. The quantitative estimate of drug-likeness (QED) is 0.860. The molecule has 0 spiro atoms.